The number of esters is 1. The molecule has 3 fully saturated rings. The fourth-order valence-electron chi connectivity index (χ4n) is 7.96. The number of ether oxygens (including phenoxy) is 3. The molecule has 4 aliphatic rings. The van der Waals surface area contributed by atoms with Crippen molar-refractivity contribution in [3.63, 3.8) is 0 Å². The molecule has 1 heterocycles. The molecule has 0 aromatic heterocycles. The molecule has 9 nitrogen and oxygen atoms in total. The van der Waals surface area contributed by atoms with Crippen molar-refractivity contribution in [1.29, 1.82) is 0 Å². The second-order valence-corrected chi connectivity index (χ2v) is 12.9. The Morgan fingerprint density at radius 2 is 1.78 bits per heavy atom. The van der Waals surface area contributed by atoms with Crippen LogP contribution >= 0.6 is 0 Å². The lowest BCUT2D eigenvalue weighted by molar-refractivity contribution is -0.327. The maximum absolute atomic E-state index is 11.2. The Labute approximate surface area is 219 Å². The van der Waals surface area contributed by atoms with Gasteiger partial charge in [-0.15, -0.1) is 0 Å². The molecule has 0 radical (unpaired) electrons. The van der Waals surface area contributed by atoms with Gasteiger partial charge >= 0.3 is 5.97 Å². The van der Waals surface area contributed by atoms with Crippen LogP contribution in [-0.2, 0) is 19.0 Å². The zero-order valence-electron chi connectivity index (χ0n) is 22.8. The lowest BCUT2D eigenvalue weighted by atomic mass is 9.45. The van der Waals surface area contributed by atoms with Crippen molar-refractivity contribution < 1.29 is 44.5 Å². The monoisotopic (exact) mass is 526 g/mol. The Morgan fingerprint density at radius 1 is 1.08 bits per heavy atom. The van der Waals surface area contributed by atoms with Crippen molar-refractivity contribution in [2.24, 2.45) is 28.1 Å². The van der Waals surface area contributed by atoms with E-state index in [0.717, 1.165) is 38.5 Å². The predicted octanol–water partition coefficient (Wildman–Crippen LogP) is 1.67. The number of fused-ring (bicyclic) bond motifs is 3. The van der Waals surface area contributed by atoms with Crippen LogP contribution in [0.25, 0.3) is 0 Å². The molecule has 2 saturated carbocycles. The summed E-state index contributed by atoms with van der Waals surface area (Å²) in [4.78, 5) is 11.2. The number of carbonyl (C=O) groups excluding carboxylic acids is 1. The molecule has 0 aromatic rings. The van der Waals surface area contributed by atoms with Gasteiger partial charge in [0.1, 0.15) is 31.0 Å². The van der Waals surface area contributed by atoms with Crippen molar-refractivity contribution >= 4 is 5.97 Å². The van der Waals surface area contributed by atoms with Gasteiger partial charge in [0.25, 0.3) is 0 Å². The van der Waals surface area contributed by atoms with Crippen molar-refractivity contribution in [3.05, 3.63) is 11.6 Å². The first-order valence-electron chi connectivity index (χ1n) is 13.7. The average Bonchev–Trinajstić information content (AvgIpc) is 2.83. The summed E-state index contributed by atoms with van der Waals surface area (Å²) >= 11 is 0. The third-order valence-electron chi connectivity index (χ3n) is 10.3. The van der Waals surface area contributed by atoms with Crippen molar-refractivity contribution in [1.82, 2.24) is 0 Å². The Balaban J connectivity index is 1.50. The minimum atomic E-state index is -1.46. The van der Waals surface area contributed by atoms with Gasteiger partial charge in [-0.25, -0.2) is 0 Å². The van der Waals surface area contributed by atoms with Gasteiger partial charge in [0, 0.05) is 12.3 Å². The molecule has 5 N–H and O–H groups in total. The summed E-state index contributed by atoms with van der Waals surface area (Å²) in [6.45, 7) is 9.70. The molecule has 3 aliphatic carbocycles. The summed E-state index contributed by atoms with van der Waals surface area (Å²) in [5, 5.41) is 51.2. The second-order valence-electron chi connectivity index (χ2n) is 12.9. The quantitative estimate of drug-likeness (QED) is 0.198. The number of carbonyl (C=O) groups is 1. The molecule has 11 atom stereocenters. The van der Waals surface area contributed by atoms with E-state index >= 15 is 0 Å². The van der Waals surface area contributed by atoms with Crippen LogP contribution in [0.3, 0.4) is 0 Å². The summed E-state index contributed by atoms with van der Waals surface area (Å²) in [6, 6.07) is 0. The van der Waals surface area contributed by atoms with E-state index in [0.29, 0.717) is 11.8 Å². The van der Waals surface area contributed by atoms with E-state index in [1.165, 1.54) is 12.5 Å². The van der Waals surface area contributed by atoms with Gasteiger partial charge in [-0.3, -0.25) is 4.79 Å². The standard InChI is InChI=1S/C28H46O9/c1-15(30)35-14-20(31)27(4)10-8-17-16(12-27)6-7-19-26(2,3)21(9-11-28(17,19)5)37-25-24(34)23(33)22(32)18(13-29)36-25/h12,17-25,29,31-34H,6-11,13-14H2,1-5H3/t17-,18+,19-,20-,21+,22+,23-,24+,25-,27+,28+/m0/s1. The van der Waals surface area contributed by atoms with Crippen LogP contribution in [0.15, 0.2) is 11.6 Å². The number of allylic oxidation sites excluding steroid dienone is 1. The number of aliphatic hydroxyl groups is 5. The lowest BCUT2D eigenvalue weighted by Gasteiger charge is -2.62. The van der Waals surface area contributed by atoms with Crippen LogP contribution in [0.1, 0.15) is 73.1 Å². The van der Waals surface area contributed by atoms with E-state index < -0.39 is 48.8 Å². The maximum Gasteiger partial charge on any atom is 0.302 e. The normalized spacial score (nSPS) is 46.3. The molecule has 0 bridgehead atoms. The highest BCUT2D eigenvalue weighted by molar-refractivity contribution is 5.65. The minimum absolute atomic E-state index is 0.00414. The highest BCUT2D eigenvalue weighted by atomic mass is 16.7. The highest BCUT2D eigenvalue weighted by Crippen LogP contribution is 2.64. The van der Waals surface area contributed by atoms with Crippen LogP contribution < -0.4 is 0 Å². The van der Waals surface area contributed by atoms with Gasteiger partial charge in [-0.05, 0) is 61.2 Å². The SMILES string of the molecule is CC(=O)OC[C@H](O)[C@@]1(C)C=C2CC[C@H]3C(C)(C)[C@H](O[C@@H]4O[C@H](CO)[C@@H](O)[C@H](O)[C@H]4O)CC[C@]3(C)[C@H]2CC1. The smallest absolute Gasteiger partial charge is 0.302 e. The van der Waals surface area contributed by atoms with Crippen LogP contribution in [0.2, 0.25) is 0 Å². The van der Waals surface area contributed by atoms with Crippen LogP contribution in [0.4, 0.5) is 0 Å². The fraction of sp³-hybridized carbons (Fsp3) is 0.893. The Bertz CT molecular complexity index is 872. The molecule has 1 aliphatic heterocycles. The van der Waals surface area contributed by atoms with Crippen LogP contribution in [-0.4, -0.2) is 87.6 Å². The predicted molar refractivity (Wildman–Crippen MR) is 134 cm³/mol. The van der Waals surface area contributed by atoms with Gasteiger partial charge in [0.15, 0.2) is 6.29 Å². The van der Waals surface area contributed by atoms with Gasteiger partial charge in [0.2, 0.25) is 0 Å². The molecule has 212 valence electrons. The molecule has 37 heavy (non-hydrogen) atoms. The first-order valence-corrected chi connectivity index (χ1v) is 13.7. The first kappa shape index (κ1) is 28.9. The summed E-state index contributed by atoms with van der Waals surface area (Å²) < 4.78 is 17.1. The van der Waals surface area contributed by atoms with Gasteiger partial charge in [-0.1, -0.05) is 39.3 Å². The second kappa shape index (κ2) is 10.5. The van der Waals surface area contributed by atoms with E-state index in [-0.39, 0.29) is 29.5 Å². The highest BCUT2D eigenvalue weighted by Gasteiger charge is 2.59. The third-order valence-corrected chi connectivity index (χ3v) is 10.3. The average molecular weight is 527 g/mol. The maximum atomic E-state index is 11.2. The number of hydrogen-bond donors (Lipinski definition) is 5. The van der Waals surface area contributed by atoms with E-state index in [1.54, 1.807) is 0 Å². The molecule has 0 aromatic carbocycles. The summed E-state index contributed by atoms with van der Waals surface area (Å²) in [5.41, 5.74) is 0.764. The third kappa shape index (κ3) is 5.13. The molecule has 9 heteroatoms. The number of aliphatic hydroxyl groups excluding tert-OH is 5. The molecule has 0 unspecified atom stereocenters. The summed E-state index contributed by atoms with van der Waals surface area (Å²) in [6.07, 6.45) is 0.254. The zero-order valence-corrected chi connectivity index (χ0v) is 22.8. The van der Waals surface area contributed by atoms with E-state index in [1.807, 2.05) is 6.92 Å². The van der Waals surface area contributed by atoms with E-state index in [9.17, 15) is 30.3 Å². The molecule has 1 saturated heterocycles. The van der Waals surface area contributed by atoms with Crippen molar-refractivity contribution in [2.75, 3.05) is 13.2 Å². The lowest BCUT2D eigenvalue weighted by Crippen LogP contribution is -2.62. The van der Waals surface area contributed by atoms with Crippen LogP contribution in [0.5, 0.6) is 0 Å². The van der Waals surface area contributed by atoms with Crippen molar-refractivity contribution in [2.45, 2.75) is 116 Å². The van der Waals surface area contributed by atoms with Crippen molar-refractivity contribution in [3.8, 4) is 0 Å². The summed E-state index contributed by atoms with van der Waals surface area (Å²) in [5.74, 6) is 0.357. The van der Waals surface area contributed by atoms with Gasteiger partial charge in [-0.2, -0.15) is 0 Å². The van der Waals surface area contributed by atoms with E-state index in [4.69, 9.17) is 14.2 Å². The fourth-order valence-corrected chi connectivity index (χ4v) is 7.96. The zero-order chi connectivity index (χ0) is 27.3. The largest absolute Gasteiger partial charge is 0.463 e. The topological polar surface area (TPSA) is 146 Å². The number of rotatable bonds is 6. The Morgan fingerprint density at radius 3 is 2.43 bits per heavy atom. The van der Waals surface area contributed by atoms with E-state index in [2.05, 4.69) is 26.8 Å². The molecular weight excluding hydrogens is 480 g/mol. The Hall–Kier alpha value is -1.07. The molecule has 0 spiro atoms. The van der Waals surface area contributed by atoms with Crippen LogP contribution in [0, 0.1) is 28.1 Å². The molecule has 4 rings (SSSR count). The first-order chi connectivity index (χ1) is 17.2. The molecule has 0 amide bonds. The molecular formula is C28H46O9. The Kier molecular flexibility index (Phi) is 8.20. The van der Waals surface area contributed by atoms with Gasteiger partial charge in [0.05, 0.1) is 18.8 Å². The summed E-state index contributed by atoms with van der Waals surface area (Å²) in [7, 11) is 0. The minimum Gasteiger partial charge on any atom is -0.463 e. The number of hydrogen-bond acceptors (Lipinski definition) is 9. The van der Waals surface area contributed by atoms with Gasteiger partial charge < -0.3 is 39.7 Å².